The average molecular weight is 279 g/mol. The Hall–Kier alpha value is -0.230. The summed E-state index contributed by atoms with van der Waals surface area (Å²) in [6, 6.07) is 0. The highest BCUT2D eigenvalue weighted by molar-refractivity contribution is 7.85. The van der Waals surface area contributed by atoms with Crippen LogP contribution in [0.15, 0.2) is 0 Å². The van der Waals surface area contributed by atoms with Crippen LogP contribution in [-0.4, -0.2) is 24.6 Å². The third kappa shape index (κ3) is 1.97. The van der Waals surface area contributed by atoms with Crippen molar-refractivity contribution >= 4 is 10.1 Å². The third-order valence-electron chi connectivity index (χ3n) is 5.17. The summed E-state index contributed by atoms with van der Waals surface area (Å²) in [5.74, 6) is -3.93. The van der Waals surface area contributed by atoms with Crippen molar-refractivity contribution in [2.45, 2.75) is 44.4 Å². The summed E-state index contributed by atoms with van der Waals surface area (Å²) >= 11 is 0. The topological polar surface area (TPSA) is 57.2 Å². The van der Waals surface area contributed by atoms with E-state index < -0.39 is 27.2 Å². The van der Waals surface area contributed by atoms with Gasteiger partial charge in [0.05, 0.1) is 0 Å². The zero-order valence-corrected chi connectivity index (χ0v) is 10.9. The molecule has 104 valence electrons. The Morgan fingerprint density at radius 1 is 1.06 bits per heavy atom. The second-order valence-corrected chi connectivity index (χ2v) is 8.01. The van der Waals surface area contributed by atoms with Gasteiger partial charge in [-0.2, -0.15) is 0 Å². The van der Waals surface area contributed by atoms with Crippen molar-refractivity contribution in [3.05, 3.63) is 0 Å². The van der Waals surface area contributed by atoms with Crippen LogP contribution in [0, 0.1) is 23.2 Å². The van der Waals surface area contributed by atoms with Gasteiger partial charge in [-0.15, -0.1) is 0 Å². The maximum atomic E-state index is 14.3. The lowest BCUT2D eigenvalue weighted by Gasteiger charge is -2.59. The molecule has 0 aromatic heterocycles. The van der Waals surface area contributed by atoms with Crippen LogP contribution >= 0.6 is 0 Å². The number of rotatable bonds is 3. The maximum absolute atomic E-state index is 14.3. The van der Waals surface area contributed by atoms with E-state index in [9.17, 15) is 21.8 Å². The van der Waals surface area contributed by atoms with Crippen molar-refractivity contribution in [1.82, 2.24) is 0 Å². The molecule has 0 atom stereocenters. The van der Waals surface area contributed by atoms with Crippen molar-refractivity contribution in [2.75, 3.05) is 5.75 Å². The van der Waals surface area contributed by atoms with Crippen LogP contribution < -0.4 is 0 Å². The minimum atomic E-state index is -4.88. The molecule has 0 aromatic carbocycles. The number of alkyl halides is 2. The van der Waals surface area contributed by atoms with Crippen LogP contribution in [0.1, 0.15) is 38.5 Å². The largest absolute Gasteiger partial charge is 0.748 e. The Labute approximate surface area is 106 Å². The van der Waals surface area contributed by atoms with E-state index >= 15 is 0 Å². The van der Waals surface area contributed by atoms with Crippen molar-refractivity contribution in [2.24, 2.45) is 23.2 Å². The predicted octanol–water partition coefficient (Wildman–Crippen LogP) is 2.38. The summed E-state index contributed by atoms with van der Waals surface area (Å²) in [6.07, 6.45) is 4.25. The molecule has 0 radical (unpaired) electrons. The molecule has 4 aliphatic carbocycles. The first-order chi connectivity index (χ1) is 8.19. The van der Waals surface area contributed by atoms with Gasteiger partial charge in [-0.1, -0.05) is 0 Å². The lowest BCUT2D eigenvalue weighted by Crippen LogP contribution is -2.56. The van der Waals surface area contributed by atoms with Gasteiger partial charge in [0.25, 0.3) is 5.92 Å². The first-order valence-corrected chi connectivity index (χ1v) is 8.08. The predicted molar refractivity (Wildman–Crippen MR) is 60.1 cm³/mol. The standard InChI is InChI=1S/C12H18F2O3S/c13-12(14,7-18(15,16)17)11-4-8-1-9(5-11)3-10(2-8)6-11/h8-10H,1-7H2,(H,15,16,17)/p-1. The van der Waals surface area contributed by atoms with Crippen LogP contribution in [0.25, 0.3) is 0 Å². The van der Waals surface area contributed by atoms with Gasteiger partial charge < -0.3 is 4.55 Å². The minimum absolute atomic E-state index is 0.316. The van der Waals surface area contributed by atoms with Gasteiger partial charge in [-0.3, -0.25) is 0 Å². The van der Waals surface area contributed by atoms with Crippen molar-refractivity contribution in [1.29, 1.82) is 0 Å². The van der Waals surface area contributed by atoms with Gasteiger partial charge in [0, 0.05) is 5.41 Å². The Morgan fingerprint density at radius 2 is 1.44 bits per heavy atom. The molecule has 4 saturated carbocycles. The highest BCUT2D eigenvalue weighted by Crippen LogP contribution is 2.65. The van der Waals surface area contributed by atoms with Gasteiger partial charge in [-0.25, -0.2) is 17.2 Å². The third-order valence-corrected chi connectivity index (χ3v) is 5.89. The average Bonchev–Trinajstić information content (AvgIpc) is 2.10. The molecule has 0 saturated heterocycles. The molecule has 0 aromatic rings. The van der Waals surface area contributed by atoms with E-state index in [0.717, 1.165) is 19.3 Å². The van der Waals surface area contributed by atoms with E-state index in [-0.39, 0.29) is 0 Å². The van der Waals surface area contributed by atoms with Crippen LogP contribution in [0.2, 0.25) is 0 Å². The van der Waals surface area contributed by atoms with Gasteiger partial charge in [0.15, 0.2) is 0 Å². The van der Waals surface area contributed by atoms with Crippen LogP contribution in [0.3, 0.4) is 0 Å². The van der Waals surface area contributed by atoms with E-state index in [1.807, 2.05) is 0 Å². The van der Waals surface area contributed by atoms with Crippen LogP contribution in [0.4, 0.5) is 8.78 Å². The van der Waals surface area contributed by atoms with E-state index in [2.05, 4.69) is 0 Å². The smallest absolute Gasteiger partial charge is 0.266 e. The fraction of sp³-hybridized carbons (Fsp3) is 1.00. The second-order valence-electron chi connectivity index (χ2n) is 6.60. The maximum Gasteiger partial charge on any atom is 0.266 e. The molecule has 0 aliphatic heterocycles. The van der Waals surface area contributed by atoms with Crippen LogP contribution in [-0.2, 0) is 10.1 Å². The van der Waals surface area contributed by atoms with Crippen LogP contribution in [0.5, 0.6) is 0 Å². The molecule has 0 spiro atoms. The molecule has 3 nitrogen and oxygen atoms in total. The summed E-state index contributed by atoms with van der Waals surface area (Å²) in [5, 5.41) is 0. The zero-order chi connectivity index (χ0) is 13.2. The highest BCUT2D eigenvalue weighted by atomic mass is 32.2. The van der Waals surface area contributed by atoms with E-state index in [1.54, 1.807) is 0 Å². The highest BCUT2D eigenvalue weighted by Gasteiger charge is 2.62. The van der Waals surface area contributed by atoms with E-state index in [1.165, 1.54) is 0 Å². The molecule has 0 unspecified atom stereocenters. The molecule has 18 heavy (non-hydrogen) atoms. The fourth-order valence-electron chi connectivity index (χ4n) is 4.93. The van der Waals surface area contributed by atoms with E-state index in [0.29, 0.717) is 37.0 Å². The first kappa shape index (κ1) is 12.8. The molecule has 4 aliphatic rings. The molecule has 4 rings (SSSR count). The zero-order valence-electron chi connectivity index (χ0n) is 10.1. The SMILES string of the molecule is O=S(=O)([O-])CC(F)(F)C12CC3CC(CC(C3)C1)C2. The molecule has 4 bridgehead atoms. The van der Waals surface area contributed by atoms with Crippen molar-refractivity contribution in [3.8, 4) is 0 Å². The van der Waals surface area contributed by atoms with E-state index in [4.69, 9.17) is 0 Å². The summed E-state index contributed by atoms with van der Waals surface area (Å²) in [7, 11) is -4.88. The number of hydrogen-bond acceptors (Lipinski definition) is 3. The lowest BCUT2D eigenvalue weighted by atomic mass is 9.48. The Morgan fingerprint density at radius 3 is 1.78 bits per heavy atom. The summed E-state index contributed by atoms with van der Waals surface area (Å²) in [5.41, 5.74) is -1.21. The summed E-state index contributed by atoms with van der Waals surface area (Å²) in [4.78, 5) is 0. The summed E-state index contributed by atoms with van der Waals surface area (Å²) < 4.78 is 60.7. The molecule has 4 fully saturated rings. The Balaban J connectivity index is 1.90. The molecule has 0 amide bonds. The minimum Gasteiger partial charge on any atom is -0.748 e. The molecular weight excluding hydrogens is 262 g/mol. The Bertz CT molecular complexity index is 423. The van der Waals surface area contributed by atoms with Gasteiger partial charge in [0.2, 0.25) is 0 Å². The monoisotopic (exact) mass is 279 g/mol. The second kappa shape index (κ2) is 3.66. The van der Waals surface area contributed by atoms with Gasteiger partial charge in [-0.05, 0) is 56.3 Å². The normalized spacial score (nSPS) is 43.4. The molecule has 0 heterocycles. The molecular formula is C12H17F2O3S-. The molecule has 6 heteroatoms. The van der Waals surface area contributed by atoms with Gasteiger partial charge >= 0.3 is 0 Å². The lowest BCUT2D eigenvalue weighted by molar-refractivity contribution is -0.191. The van der Waals surface area contributed by atoms with Gasteiger partial charge in [0.1, 0.15) is 15.9 Å². The van der Waals surface area contributed by atoms with Crippen molar-refractivity contribution in [3.63, 3.8) is 0 Å². The number of halogens is 2. The summed E-state index contributed by atoms with van der Waals surface area (Å²) in [6.45, 7) is 0. The quantitative estimate of drug-likeness (QED) is 0.745. The van der Waals surface area contributed by atoms with Crippen molar-refractivity contribution < 1.29 is 21.8 Å². The number of hydrogen-bond donors (Lipinski definition) is 0. The fourth-order valence-corrected chi connectivity index (χ4v) is 5.68. The molecule has 0 N–H and O–H groups in total. The Kier molecular flexibility index (Phi) is 2.60. The first-order valence-electron chi connectivity index (χ1n) is 6.51.